The van der Waals surface area contributed by atoms with Crippen molar-refractivity contribution in [3.63, 3.8) is 0 Å². The Morgan fingerprint density at radius 1 is 1.20 bits per heavy atom. The van der Waals surface area contributed by atoms with Gasteiger partial charge < -0.3 is 14.9 Å². The van der Waals surface area contributed by atoms with E-state index in [1.165, 1.54) is 0 Å². The maximum atomic E-state index is 12.4. The number of aryl methyl sites for hydroxylation is 1. The van der Waals surface area contributed by atoms with Crippen molar-refractivity contribution in [2.45, 2.75) is 19.4 Å². The van der Waals surface area contributed by atoms with Crippen LogP contribution in [0.1, 0.15) is 33.3 Å². The van der Waals surface area contributed by atoms with Crippen molar-refractivity contribution in [2.75, 3.05) is 7.05 Å². The predicted octanol–water partition coefficient (Wildman–Crippen LogP) is 3.29. The molecule has 0 spiro atoms. The van der Waals surface area contributed by atoms with E-state index in [0.717, 1.165) is 16.7 Å². The summed E-state index contributed by atoms with van der Waals surface area (Å²) in [7, 11) is 1.56. The largest absolute Gasteiger partial charge is 0.388 e. The number of rotatable bonds is 5. The highest BCUT2D eigenvalue weighted by Gasteiger charge is 2.25. The van der Waals surface area contributed by atoms with E-state index in [4.69, 9.17) is 4.52 Å². The Kier molecular flexibility index (Phi) is 4.95. The molecule has 0 aliphatic carbocycles. The molecule has 1 atom stereocenters. The lowest BCUT2D eigenvalue weighted by atomic mass is 9.99. The van der Waals surface area contributed by atoms with Gasteiger partial charge in [-0.25, -0.2) is 0 Å². The smallest absolute Gasteiger partial charge is 0.256 e. The first kappa shape index (κ1) is 16.9. The topological polar surface area (TPSA) is 75.4 Å². The molecular weight excluding hydrogens is 316 g/mol. The van der Waals surface area contributed by atoms with E-state index in [0.29, 0.717) is 17.0 Å². The first-order valence-corrected chi connectivity index (χ1v) is 8.11. The molecule has 0 bridgehead atoms. The van der Waals surface area contributed by atoms with Gasteiger partial charge in [-0.2, -0.15) is 0 Å². The number of hydrogen-bond acceptors (Lipinski definition) is 4. The molecule has 128 valence electrons. The Morgan fingerprint density at radius 3 is 2.64 bits per heavy atom. The van der Waals surface area contributed by atoms with Gasteiger partial charge >= 0.3 is 0 Å². The lowest BCUT2D eigenvalue weighted by Gasteiger charge is -2.11. The summed E-state index contributed by atoms with van der Waals surface area (Å²) in [4.78, 5) is 12.4. The number of aliphatic hydroxyl groups is 1. The van der Waals surface area contributed by atoms with E-state index >= 15 is 0 Å². The quantitative estimate of drug-likeness (QED) is 0.750. The third kappa shape index (κ3) is 3.61. The van der Waals surface area contributed by atoms with Crippen LogP contribution in [-0.2, 0) is 6.42 Å². The van der Waals surface area contributed by atoms with Gasteiger partial charge in [0.05, 0.1) is 6.10 Å². The SMILES string of the molecule is CNC(=O)c1c(-c2ccccc2)noc1CC(O)c1cccc(C)c1. The molecule has 1 unspecified atom stereocenters. The second-order valence-electron chi connectivity index (χ2n) is 5.91. The molecule has 5 nitrogen and oxygen atoms in total. The zero-order valence-corrected chi connectivity index (χ0v) is 14.2. The number of nitrogens with zero attached hydrogens (tertiary/aromatic N) is 1. The molecule has 1 aromatic heterocycles. The lowest BCUT2D eigenvalue weighted by molar-refractivity contribution is 0.0959. The molecule has 25 heavy (non-hydrogen) atoms. The fraction of sp³-hybridized carbons (Fsp3) is 0.200. The number of benzene rings is 2. The molecule has 1 heterocycles. The Labute approximate surface area is 146 Å². The first-order chi connectivity index (χ1) is 12.1. The minimum atomic E-state index is -0.778. The summed E-state index contributed by atoms with van der Waals surface area (Å²) in [5, 5.41) is 17.2. The standard InChI is InChI=1S/C20H20N2O3/c1-13-7-6-10-15(11-13)16(23)12-17-18(20(24)21-2)19(22-25-17)14-8-4-3-5-9-14/h3-11,16,23H,12H2,1-2H3,(H,21,24). The average Bonchev–Trinajstić information content (AvgIpc) is 3.05. The van der Waals surface area contributed by atoms with Crippen LogP contribution in [0.15, 0.2) is 59.1 Å². The van der Waals surface area contributed by atoms with E-state index in [1.807, 2.05) is 61.5 Å². The van der Waals surface area contributed by atoms with Crippen molar-refractivity contribution >= 4 is 5.91 Å². The van der Waals surface area contributed by atoms with Crippen LogP contribution in [0.4, 0.5) is 0 Å². The van der Waals surface area contributed by atoms with Gasteiger partial charge in [-0.05, 0) is 12.5 Å². The number of aliphatic hydroxyl groups excluding tert-OH is 1. The van der Waals surface area contributed by atoms with Crippen LogP contribution in [0.2, 0.25) is 0 Å². The molecule has 0 aliphatic heterocycles. The van der Waals surface area contributed by atoms with E-state index < -0.39 is 6.10 Å². The highest BCUT2D eigenvalue weighted by molar-refractivity contribution is 6.00. The van der Waals surface area contributed by atoms with Crippen LogP contribution in [0, 0.1) is 6.92 Å². The van der Waals surface area contributed by atoms with E-state index in [2.05, 4.69) is 10.5 Å². The number of carbonyl (C=O) groups is 1. The Morgan fingerprint density at radius 2 is 1.96 bits per heavy atom. The van der Waals surface area contributed by atoms with Gasteiger partial charge in [-0.3, -0.25) is 4.79 Å². The maximum Gasteiger partial charge on any atom is 0.256 e. The normalized spacial score (nSPS) is 12.0. The zero-order valence-electron chi connectivity index (χ0n) is 14.2. The number of amides is 1. The molecule has 2 aromatic carbocycles. The molecule has 0 aliphatic rings. The number of aromatic nitrogens is 1. The van der Waals surface area contributed by atoms with Crippen molar-refractivity contribution in [1.29, 1.82) is 0 Å². The van der Waals surface area contributed by atoms with Gasteiger partial charge in [0.15, 0.2) is 5.76 Å². The van der Waals surface area contributed by atoms with Crippen molar-refractivity contribution in [1.82, 2.24) is 10.5 Å². The molecule has 2 N–H and O–H groups in total. The molecule has 3 rings (SSSR count). The number of nitrogens with one attached hydrogen (secondary N) is 1. The summed E-state index contributed by atoms with van der Waals surface area (Å²) in [6.07, 6.45) is -0.605. The van der Waals surface area contributed by atoms with E-state index in [-0.39, 0.29) is 12.3 Å². The minimum Gasteiger partial charge on any atom is -0.388 e. The van der Waals surface area contributed by atoms with Gasteiger partial charge in [0.1, 0.15) is 11.3 Å². The molecule has 0 fully saturated rings. The summed E-state index contributed by atoms with van der Waals surface area (Å²) >= 11 is 0. The predicted molar refractivity (Wildman–Crippen MR) is 95.2 cm³/mol. The minimum absolute atomic E-state index is 0.173. The number of carbonyl (C=O) groups excluding carboxylic acids is 1. The van der Waals surface area contributed by atoms with Crippen LogP contribution in [0.5, 0.6) is 0 Å². The van der Waals surface area contributed by atoms with E-state index in [1.54, 1.807) is 7.05 Å². The van der Waals surface area contributed by atoms with E-state index in [9.17, 15) is 9.90 Å². The second kappa shape index (κ2) is 7.32. The summed E-state index contributed by atoms with van der Waals surface area (Å²) in [5.41, 5.74) is 3.47. The summed E-state index contributed by atoms with van der Waals surface area (Å²) < 4.78 is 5.42. The molecule has 3 aromatic rings. The van der Waals surface area contributed by atoms with Crippen LogP contribution in [-0.4, -0.2) is 23.2 Å². The third-order valence-electron chi connectivity index (χ3n) is 4.07. The first-order valence-electron chi connectivity index (χ1n) is 8.11. The van der Waals surface area contributed by atoms with Gasteiger partial charge in [0.2, 0.25) is 0 Å². The van der Waals surface area contributed by atoms with Gasteiger partial charge in [-0.1, -0.05) is 65.3 Å². The van der Waals surface area contributed by atoms with Crippen LogP contribution in [0.3, 0.4) is 0 Å². The molecule has 0 saturated carbocycles. The van der Waals surface area contributed by atoms with Crippen molar-refractivity contribution in [3.05, 3.63) is 77.0 Å². The number of hydrogen-bond donors (Lipinski definition) is 2. The Hall–Kier alpha value is -2.92. The van der Waals surface area contributed by atoms with Crippen LogP contribution < -0.4 is 5.32 Å². The van der Waals surface area contributed by atoms with Crippen molar-refractivity contribution in [2.24, 2.45) is 0 Å². The monoisotopic (exact) mass is 336 g/mol. The molecular formula is C20H20N2O3. The lowest BCUT2D eigenvalue weighted by Crippen LogP contribution is -2.20. The third-order valence-corrected chi connectivity index (χ3v) is 4.07. The van der Waals surface area contributed by atoms with Crippen molar-refractivity contribution < 1.29 is 14.4 Å². The second-order valence-corrected chi connectivity index (χ2v) is 5.91. The summed E-state index contributed by atoms with van der Waals surface area (Å²) in [6.45, 7) is 1.97. The Balaban J connectivity index is 1.96. The maximum absolute atomic E-state index is 12.4. The fourth-order valence-electron chi connectivity index (χ4n) is 2.79. The molecule has 1 amide bonds. The van der Waals surface area contributed by atoms with Gasteiger partial charge in [-0.15, -0.1) is 0 Å². The fourth-order valence-corrected chi connectivity index (χ4v) is 2.79. The highest BCUT2D eigenvalue weighted by atomic mass is 16.5. The zero-order chi connectivity index (χ0) is 17.8. The Bertz CT molecular complexity index is 872. The molecule has 5 heteroatoms. The summed E-state index contributed by atoms with van der Waals surface area (Å²) in [5.74, 6) is 0.0822. The molecule has 0 radical (unpaired) electrons. The van der Waals surface area contributed by atoms with Crippen LogP contribution >= 0.6 is 0 Å². The van der Waals surface area contributed by atoms with Crippen LogP contribution in [0.25, 0.3) is 11.3 Å². The molecule has 0 saturated heterocycles. The average molecular weight is 336 g/mol. The summed E-state index contributed by atoms with van der Waals surface area (Å²) in [6, 6.07) is 17.0. The van der Waals surface area contributed by atoms with Gasteiger partial charge in [0, 0.05) is 19.0 Å². The van der Waals surface area contributed by atoms with Gasteiger partial charge in [0.25, 0.3) is 5.91 Å². The van der Waals surface area contributed by atoms with Crippen molar-refractivity contribution in [3.8, 4) is 11.3 Å². The highest BCUT2D eigenvalue weighted by Crippen LogP contribution is 2.29.